The third-order valence-electron chi connectivity index (χ3n) is 4.07. The number of aryl methyl sites for hydroxylation is 2. The Morgan fingerprint density at radius 2 is 2.12 bits per heavy atom. The number of carbonyl (C=O) groups excluding carboxylic acids is 2. The Morgan fingerprint density at radius 3 is 2.71 bits per heavy atom. The van der Waals surface area contributed by atoms with Crippen LogP contribution in [-0.4, -0.2) is 39.8 Å². The normalized spacial score (nSPS) is 15.2. The Hall–Kier alpha value is -1.86. The first-order chi connectivity index (χ1) is 11.3. The van der Waals surface area contributed by atoms with E-state index >= 15 is 0 Å². The predicted octanol–water partition coefficient (Wildman–Crippen LogP) is 1.89. The third kappa shape index (κ3) is 3.96. The van der Waals surface area contributed by atoms with Crippen molar-refractivity contribution in [2.45, 2.75) is 40.2 Å². The number of hydrazine groups is 1. The topological polar surface area (TPSA) is 76.5 Å². The Balaban J connectivity index is 2.05. The zero-order chi connectivity index (χ0) is 17.9. The number of rotatable bonds is 6. The number of hydrogen-bond acceptors (Lipinski definition) is 5. The largest absolute Gasteiger partial charge is 0.466 e. The molecule has 1 amide bonds. The third-order valence-corrected chi connectivity index (χ3v) is 4.54. The SMILES string of the molecule is CCOC(=O)CC1=C(C)CCN(NCc2c(C)nn(C)c2Cl)C1=O. The van der Waals surface area contributed by atoms with Crippen LogP contribution in [0.4, 0.5) is 0 Å². The van der Waals surface area contributed by atoms with Gasteiger partial charge >= 0.3 is 5.97 Å². The average Bonchev–Trinajstić information content (AvgIpc) is 2.76. The summed E-state index contributed by atoms with van der Waals surface area (Å²) in [6.45, 7) is 6.75. The van der Waals surface area contributed by atoms with E-state index in [1.54, 1.807) is 18.7 Å². The molecule has 0 atom stereocenters. The van der Waals surface area contributed by atoms with Crippen molar-refractivity contribution >= 4 is 23.5 Å². The minimum Gasteiger partial charge on any atom is -0.466 e. The van der Waals surface area contributed by atoms with Crippen molar-refractivity contribution in [1.82, 2.24) is 20.2 Å². The second-order valence-electron chi connectivity index (χ2n) is 5.76. The quantitative estimate of drug-likeness (QED) is 0.789. The van der Waals surface area contributed by atoms with Gasteiger partial charge in [-0.15, -0.1) is 0 Å². The average molecular weight is 355 g/mol. The van der Waals surface area contributed by atoms with E-state index in [4.69, 9.17) is 16.3 Å². The fraction of sp³-hybridized carbons (Fsp3) is 0.562. The van der Waals surface area contributed by atoms with Gasteiger partial charge in [-0.1, -0.05) is 17.2 Å². The highest BCUT2D eigenvalue weighted by Crippen LogP contribution is 2.22. The predicted molar refractivity (Wildman–Crippen MR) is 90.1 cm³/mol. The van der Waals surface area contributed by atoms with Crippen LogP contribution in [0.5, 0.6) is 0 Å². The number of nitrogens with one attached hydrogen (secondary N) is 1. The molecular weight excluding hydrogens is 332 g/mol. The molecule has 7 nitrogen and oxygen atoms in total. The summed E-state index contributed by atoms with van der Waals surface area (Å²) in [5.74, 6) is -0.572. The van der Waals surface area contributed by atoms with Crippen LogP contribution in [0.2, 0.25) is 5.15 Å². The van der Waals surface area contributed by atoms with E-state index in [9.17, 15) is 9.59 Å². The zero-order valence-corrected chi connectivity index (χ0v) is 15.2. The first-order valence-corrected chi connectivity index (χ1v) is 8.30. The van der Waals surface area contributed by atoms with Crippen LogP contribution >= 0.6 is 11.6 Å². The van der Waals surface area contributed by atoms with Gasteiger partial charge in [-0.05, 0) is 27.2 Å². The smallest absolute Gasteiger partial charge is 0.310 e. The molecule has 0 bridgehead atoms. The molecule has 1 aliphatic heterocycles. The molecule has 24 heavy (non-hydrogen) atoms. The van der Waals surface area contributed by atoms with E-state index in [0.29, 0.717) is 36.8 Å². The van der Waals surface area contributed by atoms with Crippen molar-refractivity contribution in [1.29, 1.82) is 0 Å². The van der Waals surface area contributed by atoms with Gasteiger partial charge < -0.3 is 4.74 Å². The molecule has 1 aromatic rings. The highest BCUT2D eigenvalue weighted by molar-refractivity contribution is 6.30. The molecule has 1 aliphatic rings. The van der Waals surface area contributed by atoms with Crippen LogP contribution in [0, 0.1) is 6.92 Å². The first-order valence-electron chi connectivity index (χ1n) is 7.92. The summed E-state index contributed by atoms with van der Waals surface area (Å²) in [6, 6.07) is 0. The van der Waals surface area contributed by atoms with Gasteiger partial charge in [0, 0.05) is 31.3 Å². The maximum absolute atomic E-state index is 12.6. The number of halogens is 1. The zero-order valence-electron chi connectivity index (χ0n) is 14.5. The summed E-state index contributed by atoms with van der Waals surface area (Å²) >= 11 is 6.21. The molecule has 1 aromatic heterocycles. The van der Waals surface area contributed by atoms with Crippen LogP contribution < -0.4 is 5.43 Å². The number of nitrogens with zero attached hydrogens (tertiary/aromatic N) is 3. The number of amides is 1. The monoisotopic (exact) mass is 354 g/mol. The van der Waals surface area contributed by atoms with E-state index in [0.717, 1.165) is 16.8 Å². The summed E-state index contributed by atoms with van der Waals surface area (Å²) < 4.78 is 6.55. The molecule has 0 saturated carbocycles. The lowest BCUT2D eigenvalue weighted by Gasteiger charge is -2.29. The fourth-order valence-electron chi connectivity index (χ4n) is 2.66. The maximum atomic E-state index is 12.6. The number of esters is 1. The summed E-state index contributed by atoms with van der Waals surface area (Å²) in [5.41, 5.74) is 6.20. The summed E-state index contributed by atoms with van der Waals surface area (Å²) in [7, 11) is 1.77. The van der Waals surface area contributed by atoms with Gasteiger partial charge in [0.1, 0.15) is 5.15 Å². The van der Waals surface area contributed by atoms with Gasteiger partial charge in [-0.25, -0.2) is 5.43 Å². The van der Waals surface area contributed by atoms with Crippen molar-refractivity contribution in [2.24, 2.45) is 7.05 Å². The second kappa shape index (κ2) is 7.81. The van der Waals surface area contributed by atoms with Gasteiger partial charge in [-0.3, -0.25) is 19.3 Å². The van der Waals surface area contributed by atoms with Crippen LogP contribution in [-0.2, 0) is 27.9 Å². The Labute approximate surface area is 146 Å². The molecule has 0 spiro atoms. The van der Waals surface area contributed by atoms with Gasteiger partial charge in [0.15, 0.2) is 0 Å². The van der Waals surface area contributed by atoms with Crippen LogP contribution in [0.3, 0.4) is 0 Å². The van der Waals surface area contributed by atoms with Crippen molar-refractivity contribution in [3.8, 4) is 0 Å². The van der Waals surface area contributed by atoms with E-state index in [-0.39, 0.29) is 18.3 Å². The number of hydrogen-bond donors (Lipinski definition) is 1. The minimum atomic E-state index is -0.381. The summed E-state index contributed by atoms with van der Waals surface area (Å²) in [6.07, 6.45) is 0.719. The first kappa shape index (κ1) is 18.5. The summed E-state index contributed by atoms with van der Waals surface area (Å²) in [4.78, 5) is 24.3. The van der Waals surface area contributed by atoms with Crippen LogP contribution in [0.25, 0.3) is 0 Å². The van der Waals surface area contributed by atoms with Gasteiger partial charge in [0.2, 0.25) is 0 Å². The Morgan fingerprint density at radius 1 is 1.42 bits per heavy atom. The molecule has 0 aliphatic carbocycles. The van der Waals surface area contributed by atoms with Crippen molar-refractivity contribution in [2.75, 3.05) is 13.2 Å². The number of carbonyl (C=O) groups is 2. The van der Waals surface area contributed by atoms with E-state index < -0.39 is 0 Å². The fourth-order valence-corrected chi connectivity index (χ4v) is 2.90. The second-order valence-corrected chi connectivity index (χ2v) is 6.12. The highest BCUT2D eigenvalue weighted by Gasteiger charge is 2.27. The molecule has 0 fully saturated rings. The number of aromatic nitrogens is 2. The molecule has 1 N–H and O–H groups in total. The summed E-state index contributed by atoms with van der Waals surface area (Å²) in [5, 5.41) is 6.33. The van der Waals surface area contributed by atoms with Gasteiger partial charge in [-0.2, -0.15) is 5.10 Å². The lowest BCUT2D eigenvalue weighted by Crippen LogP contribution is -2.46. The minimum absolute atomic E-state index is 0.00334. The van der Waals surface area contributed by atoms with Crippen molar-refractivity contribution in [3.63, 3.8) is 0 Å². The van der Waals surface area contributed by atoms with Crippen LogP contribution in [0.15, 0.2) is 11.1 Å². The Kier molecular flexibility index (Phi) is 6.01. The molecule has 0 aromatic carbocycles. The number of ether oxygens (including phenoxy) is 1. The lowest BCUT2D eigenvalue weighted by molar-refractivity contribution is -0.144. The van der Waals surface area contributed by atoms with Gasteiger partial charge in [0.05, 0.1) is 18.7 Å². The standard InChI is InChI=1S/C16H23ClN4O3/c1-5-24-14(22)8-12-10(2)6-7-21(16(12)23)18-9-13-11(3)19-20(4)15(13)17/h18H,5-9H2,1-4H3. The molecule has 0 saturated heterocycles. The van der Waals surface area contributed by atoms with Crippen molar-refractivity contribution in [3.05, 3.63) is 27.6 Å². The highest BCUT2D eigenvalue weighted by atomic mass is 35.5. The lowest BCUT2D eigenvalue weighted by atomic mass is 9.99. The van der Waals surface area contributed by atoms with Crippen molar-refractivity contribution < 1.29 is 14.3 Å². The maximum Gasteiger partial charge on any atom is 0.310 e. The van der Waals surface area contributed by atoms with E-state index in [1.165, 1.54) is 5.01 Å². The molecule has 8 heteroatoms. The molecule has 2 heterocycles. The van der Waals surface area contributed by atoms with Gasteiger partial charge in [0.25, 0.3) is 5.91 Å². The molecule has 132 valence electrons. The van der Waals surface area contributed by atoms with E-state index in [2.05, 4.69) is 10.5 Å². The Bertz CT molecular complexity index is 681. The molecule has 0 unspecified atom stereocenters. The molecule has 0 radical (unpaired) electrons. The van der Waals surface area contributed by atoms with E-state index in [1.807, 2.05) is 13.8 Å². The van der Waals surface area contributed by atoms with Crippen LogP contribution in [0.1, 0.15) is 37.9 Å². The molecule has 2 rings (SSSR count). The molecular formula is C16H23ClN4O3.